The van der Waals surface area contributed by atoms with Gasteiger partial charge >= 0.3 is 6.09 Å². The fourth-order valence-corrected chi connectivity index (χ4v) is 3.64. The van der Waals surface area contributed by atoms with Crippen LogP contribution in [0.5, 0.6) is 5.75 Å². The first-order valence-corrected chi connectivity index (χ1v) is 11.9. The van der Waals surface area contributed by atoms with Crippen molar-refractivity contribution < 1.29 is 23.9 Å². The maximum atomic E-state index is 12.4. The summed E-state index contributed by atoms with van der Waals surface area (Å²) in [6, 6.07) is 7.27. The number of rotatable bonds is 10. The zero-order valence-electron chi connectivity index (χ0n) is 19.8. The fraction of sp³-hybridized carbons (Fsp3) is 0.625. The molecular formula is C24H36ClN3O5. The Hall–Kier alpha value is -2.48. The fourth-order valence-electron chi connectivity index (χ4n) is 3.45. The Balaban J connectivity index is 1.53. The molecule has 0 bridgehead atoms. The van der Waals surface area contributed by atoms with E-state index < -0.39 is 11.7 Å². The quantitative estimate of drug-likeness (QED) is 0.496. The van der Waals surface area contributed by atoms with Crippen molar-refractivity contribution in [1.29, 1.82) is 0 Å². The van der Waals surface area contributed by atoms with Gasteiger partial charge in [0.2, 0.25) is 11.8 Å². The molecule has 0 aliphatic carbocycles. The number of nitrogens with one attached hydrogen (secondary N) is 2. The lowest BCUT2D eigenvalue weighted by molar-refractivity contribution is -0.132. The summed E-state index contributed by atoms with van der Waals surface area (Å²) in [5.41, 5.74) is -0.560. The number of carbonyl (C=O) groups is 3. The number of halogens is 1. The summed E-state index contributed by atoms with van der Waals surface area (Å²) in [5.74, 6) is 1.01. The number of amides is 3. The van der Waals surface area contributed by atoms with Crippen molar-refractivity contribution in [2.24, 2.45) is 5.92 Å². The highest BCUT2D eigenvalue weighted by molar-refractivity contribution is 6.32. The van der Waals surface area contributed by atoms with E-state index in [0.29, 0.717) is 55.8 Å². The number of likely N-dealkylation sites (tertiary alicyclic amines) is 1. The lowest BCUT2D eigenvalue weighted by Gasteiger charge is -2.32. The maximum Gasteiger partial charge on any atom is 0.407 e. The highest BCUT2D eigenvalue weighted by Crippen LogP contribution is 2.23. The van der Waals surface area contributed by atoms with Crippen LogP contribution in [-0.2, 0) is 14.3 Å². The smallest absolute Gasteiger partial charge is 0.407 e. The second-order valence-electron chi connectivity index (χ2n) is 9.19. The first kappa shape index (κ1) is 26.8. The number of alkyl carbamates (subject to hydrolysis) is 1. The van der Waals surface area contributed by atoms with E-state index in [0.717, 1.165) is 12.8 Å². The lowest BCUT2D eigenvalue weighted by atomic mass is 9.96. The number of carbonyl (C=O) groups excluding carboxylic acids is 3. The Bertz CT molecular complexity index is 789. The van der Waals surface area contributed by atoms with Gasteiger partial charge in [-0.05, 0) is 58.1 Å². The van der Waals surface area contributed by atoms with Gasteiger partial charge in [0.1, 0.15) is 11.4 Å². The van der Waals surface area contributed by atoms with E-state index in [9.17, 15) is 14.4 Å². The summed E-state index contributed by atoms with van der Waals surface area (Å²) >= 11 is 6.04. The molecule has 8 nitrogen and oxygen atoms in total. The van der Waals surface area contributed by atoms with Gasteiger partial charge in [-0.3, -0.25) is 9.59 Å². The van der Waals surface area contributed by atoms with E-state index in [1.54, 1.807) is 32.9 Å². The van der Waals surface area contributed by atoms with E-state index >= 15 is 0 Å². The number of piperidine rings is 1. The number of hydrogen-bond acceptors (Lipinski definition) is 5. The molecule has 1 aromatic carbocycles. The molecule has 1 aliphatic rings. The third-order valence-electron chi connectivity index (χ3n) is 5.20. The molecule has 1 aromatic rings. The van der Waals surface area contributed by atoms with Crippen LogP contribution < -0.4 is 15.4 Å². The molecule has 2 rings (SSSR count). The Morgan fingerprint density at radius 1 is 1.09 bits per heavy atom. The van der Waals surface area contributed by atoms with Crippen LogP contribution in [0.2, 0.25) is 5.02 Å². The van der Waals surface area contributed by atoms with Crippen molar-refractivity contribution in [3.05, 3.63) is 29.3 Å². The summed E-state index contributed by atoms with van der Waals surface area (Å²) in [4.78, 5) is 37.9. The van der Waals surface area contributed by atoms with Gasteiger partial charge in [0.15, 0.2) is 0 Å². The van der Waals surface area contributed by atoms with Crippen LogP contribution in [0.15, 0.2) is 24.3 Å². The van der Waals surface area contributed by atoms with Gasteiger partial charge in [0.25, 0.3) is 0 Å². The molecule has 0 aromatic heterocycles. The van der Waals surface area contributed by atoms with E-state index in [1.165, 1.54) is 0 Å². The molecule has 0 spiro atoms. The summed E-state index contributed by atoms with van der Waals surface area (Å²) in [5, 5.41) is 6.16. The van der Waals surface area contributed by atoms with Crippen LogP contribution in [0.3, 0.4) is 0 Å². The van der Waals surface area contributed by atoms with Crippen LogP contribution in [0.1, 0.15) is 52.9 Å². The van der Waals surface area contributed by atoms with Crippen LogP contribution in [-0.4, -0.2) is 61.2 Å². The number of nitrogens with zero attached hydrogens (tertiary/aromatic N) is 1. The Morgan fingerprint density at radius 3 is 2.45 bits per heavy atom. The third-order valence-corrected chi connectivity index (χ3v) is 5.52. The molecule has 1 heterocycles. The third kappa shape index (κ3) is 10.8. The minimum atomic E-state index is -0.560. The number of hydrogen-bond donors (Lipinski definition) is 2. The van der Waals surface area contributed by atoms with E-state index in [1.807, 2.05) is 17.0 Å². The van der Waals surface area contributed by atoms with Gasteiger partial charge in [-0.15, -0.1) is 0 Å². The van der Waals surface area contributed by atoms with Gasteiger partial charge < -0.3 is 25.0 Å². The van der Waals surface area contributed by atoms with Gasteiger partial charge in [-0.2, -0.15) is 0 Å². The van der Waals surface area contributed by atoms with E-state index in [2.05, 4.69) is 10.6 Å². The SMILES string of the molecule is CC(C)(C)OC(=O)NCCC(=O)N1CCC(CNC(=O)CCCOc2ccccc2Cl)CC1. The molecule has 1 saturated heterocycles. The van der Waals surface area contributed by atoms with Gasteiger partial charge in [0, 0.05) is 39.0 Å². The minimum Gasteiger partial charge on any atom is -0.492 e. The number of ether oxygens (including phenoxy) is 2. The molecule has 0 atom stereocenters. The predicted octanol–water partition coefficient (Wildman–Crippen LogP) is 3.77. The minimum absolute atomic E-state index is 0.00415. The normalized spacial score (nSPS) is 14.5. The molecule has 9 heteroatoms. The molecule has 3 amide bonds. The molecule has 184 valence electrons. The Labute approximate surface area is 201 Å². The van der Waals surface area contributed by atoms with Crippen molar-refractivity contribution in [2.45, 2.75) is 58.5 Å². The summed E-state index contributed by atoms with van der Waals surface area (Å²) in [6.07, 6.45) is 2.44. The van der Waals surface area contributed by atoms with Crippen LogP contribution in [0.25, 0.3) is 0 Å². The van der Waals surface area contributed by atoms with Gasteiger partial charge in [-0.1, -0.05) is 23.7 Å². The number of para-hydroxylation sites is 1. The van der Waals surface area contributed by atoms with Crippen molar-refractivity contribution in [1.82, 2.24) is 15.5 Å². The summed E-state index contributed by atoms with van der Waals surface area (Å²) in [6.45, 7) is 8.01. The second kappa shape index (κ2) is 13.3. The monoisotopic (exact) mass is 481 g/mol. The average Bonchev–Trinajstić information content (AvgIpc) is 2.75. The Kier molecular flexibility index (Phi) is 10.8. The largest absolute Gasteiger partial charge is 0.492 e. The van der Waals surface area contributed by atoms with Crippen molar-refractivity contribution in [3.8, 4) is 5.75 Å². The molecule has 0 saturated carbocycles. The summed E-state index contributed by atoms with van der Waals surface area (Å²) in [7, 11) is 0. The number of benzene rings is 1. The van der Waals surface area contributed by atoms with Crippen molar-refractivity contribution in [2.75, 3.05) is 32.8 Å². The van der Waals surface area contributed by atoms with Crippen molar-refractivity contribution >= 4 is 29.5 Å². The zero-order chi connectivity index (χ0) is 24.3. The molecule has 0 unspecified atom stereocenters. The highest BCUT2D eigenvalue weighted by atomic mass is 35.5. The first-order chi connectivity index (χ1) is 15.6. The second-order valence-corrected chi connectivity index (χ2v) is 9.60. The molecule has 0 radical (unpaired) electrons. The van der Waals surface area contributed by atoms with E-state index in [4.69, 9.17) is 21.1 Å². The highest BCUT2D eigenvalue weighted by Gasteiger charge is 2.23. The van der Waals surface area contributed by atoms with Crippen LogP contribution in [0, 0.1) is 5.92 Å². The van der Waals surface area contributed by atoms with E-state index in [-0.39, 0.29) is 24.8 Å². The van der Waals surface area contributed by atoms with Crippen LogP contribution >= 0.6 is 11.6 Å². The van der Waals surface area contributed by atoms with Crippen molar-refractivity contribution in [3.63, 3.8) is 0 Å². The van der Waals surface area contributed by atoms with Crippen LogP contribution in [0.4, 0.5) is 4.79 Å². The molecule has 1 aliphatic heterocycles. The molecule has 1 fully saturated rings. The topological polar surface area (TPSA) is 97.0 Å². The predicted molar refractivity (Wildman–Crippen MR) is 127 cm³/mol. The van der Waals surface area contributed by atoms with Gasteiger partial charge in [0.05, 0.1) is 11.6 Å². The lowest BCUT2D eigenvalue weighted by Crippen LogP contribution is -2.42. The zero-order valence-corrected chi connectivity index (χ0v) is 20.6. The molecule has 2 N–H and O–H groups in total. The maximum absolute atomic E-state index is 12.4. The molecular weight excluding hydrogens is 446 g/mol. The summed E-state index contributed by atoms with van der Waals surface area (Å²) < 4.78 is 10.8. The van der Waals surface area contributed by atoms with Gasteiger partial charge in [-0.25, -0.2) is 4.79 Å². The standard InChI is InChI=1S/C24H36ClN3O5/c1-24(2,3)33-23(31)26-13-10-22(30)28-14-11-18(12-15-28)17-27-21(29)9-6-16-32-20-8-5-4-7-19(20)25/h4-5,7-8,18H,6,9-17H2,1-3H3,(H,26,31)(H,27,29). The Morgan fingerprint density at radius 2 is 1.79 bits per heavy atom. The molecule has 33 heavy (non-hydrogen) atoms. The average molecular weight is 482 g/mol. The first-order valence-electron chi connectivity index (χ1n) is 11.5.